The fourth-order valence-corrected chi connectivity index (χ4v) is 4.31. The van der Waals surface area contributed by atoms with Crippen molar-refractivity contribution in [3.05, 3.63) is 52.2 Å². The van der Waals surface area contributed by atoms with Crippen molar-refractivity contribution in [2.75, 3.05) is 40.3 Å². The Labute approximate surface area is 166 Å². The van der Waals surface area contributed by atoms with Crippen molar-refractivity contribution in [3.63, 3.8) is 0 Å². The maximum Gasteiger partial charge on any atom is 0.191 e. The van der Waals surface area contributed by atoms with Gasteiger partial charge >= 0.3 is 0 Å². The Kier molecular flexibility index (Phi) is 7.54. The average Bonchev–Trinajstić information content (AvgIpc) is 3.41. The minimum atomic E-state index is 0.277. The van der Waals surface area contributed by atoms with Gasteiger partial charge in [-0.15, -0.1) is 11.3 Å². The Morgan fingerprint density at radius 3 is 2.70 bits per heavy atom. The van der Waals surface area contributed by atoms with Crippen molar-refractivity contribution in [3.8, 4) is 5.75 Å². The predicted octanol–water partition coefficient (Wildman–Crippen LogP) is 3.30. The molecule has 0 saturated carbocycles. The van der Waals surface area contributed by atoms with E-state index in [1.54, 1.807) is 18.4 Å². The van der Waals surface area contributed by atoms with Crippen LogP contribution in [0.4, 0.5) is 0 Å². The number of hydrogen-bond acceptors (Lipinski definition) is 4. The van der Waals surface area contributed by atoms with Gasteiger partial charge in [0, 0.05) is 30.6 Å². The third kappa shape index (κ3) is 5.47. The highest BCUT2D eigenvalue weighted by molar-refractivity contribution is 7.09. The molecule has 1 fully saturated rings. The second-order valence-corrected chi connectivity index (χ2v) is 7.74. The summed E-state index contributed by atoms with van der Waals surface area (Å²) in [5, 5.41) is 9.07. The first kappa shape index (κ1) is 19.7. The van der Waals surface area contributed by atoms with E-state index < -0.39 is 0 Å². The molecule has 1 aliphatic rings. The lowest BCUT2D eigenvalue weighted by Crippen LogP contribution is -2.43. The van der Waals surface area contributed by atoms with Gasteiger partial charge in [0.25, 0.3) is 0 Å². The molecular weight excluding hydrogens is 356 g/mol. The molecule has 1 unspecified atom stereocenters. The van der Waals surface area contributed by atoms with E-state index >= 15 is 0 Å². The van der Waals surface area contributed by atoms with Gasteiger partial charge < -0.3 is 15.4 Å². The summed E-state index contributed by atoms with van der Waals surface area (Å²) >= 11 is 1.80. The number of ether oxygens (including phenoxy) is 1. The number of hydrogen-bond donors (Lipinski definition) is 2. The highest BCUT2D eigenvalue weighted by atomic mass is 32.1. The first-order valence-electron chi connectivity index (χ1n) is 9.65. The van der Waals surface area contributed by atoms with Crippen LogP contribution >= 0.6 is 11.3 Å². The average molecular weight is 387 g/mol. The van der Waals surface area contributed by atoms with Crippen LogP contribution in [0.5, 0.6) is 5.75 Å². The maximum absolute atomic E-state index is 5.63. The van der Waals surface area contributed by atoms with E-state index in [2.05, 4.69) is 50.2 Å². The third-order valence-corrected chi connectivity index (χ3v) is 5.95. The minimum Gasteiger partial charge on any atom is -0.496 e. The Morgan fingerprint density at radius 1 is 1.19 bits per heavy atom. The molecule has 27 heavy (non-hydrogen) atoms. The van der Waals surface area contributed by atoms with E-state index in [0.717, 1.165) is 44.3 Å². The summed E-state index contributed by atoms with van der Waals surface area (Å²) in [6, 6.07) is 12.9. The molecule has 0 spiro atoms. The summed E-state index contributed by atoms with van der Waals surface area (Å²) in [6.07, 6.45) is 3.54. The van der Waals surface area contributed by atoms with Crippen LogP contribution in [0, 0.1) is 0 Å². The van der Waals surface area contributed by atoms with Crippen LogP contribution in [0.15, 0.2) is 46.8 Å². The van der Waals surface area contributed by atoms with E-state index in [4.69, 9.17) is 4.74 Å². The lowest BCUT2D eigenvalue weighted by Gasteiger charge is -2.30. The number of nitrogens with zero attached hydrogens (tertiary/aromatic N) is 2. The van der Waals surface area contributed by atoms with Crippen molar-refractivity contribution < 1.29 is 4.74 Å². The normalized spacial score (nSPS) is 16.3. The molecule has 2 aromatic rings. The first-order chi connectivity index (χ1) is 13.3. The predicted molar refractivity (Wildman–Crippen MR) is 114 cm³/mol. The molecule has 1 aromatic heterocycles. The number of thiophene rings is 1. The fourth-order valence-electron chi connectivity index (χ4n) is 3.60. The Bertz CT molecular complexity index is 711. The molecule has 0 radical (unpaired) electrons. The summed E-state index contributed by atoms with van der Waals surface area (Å²) < 4.78 is 5.63. The van der Waals surface area contributed by atoms with Crippen LogP contribution in [-0.4, -0.2) is 51.2 Å². The minimum absolute atomic E-state index is 0.277. The topological polar surface area (TPSA) is 48.9 Å². The number of benzene rings is 1. The largest absolute Gasteiger partial charge is 0.496 e. The molecule has 2 N–H and O–H groups in total. The molecular formula is C21H30N4OS. The van der Waals surface area contributed by atoms with Crippen molar-refractivity contribution in [2.45, 2.75) is 25.3 Å². The Morgan fingerprint density at radius 2 is 2.00 bits per heavy atom. The van der Waals surface area contributed by atoms with Crippen molar-refractivity contribution in [1.82, 2.24) is 15.5 Å². The van der Waals surface area contributed by atoms with Gasteiger partial charge in [0.2, 0.25) is 0 Å². The summed E-state index contributed by atoms with van der Waals surface area (Å²) in [5.41, 5.74) is 1.24. The molecule has 0 aliphatic carbocycles. The van der Waals surface area contributed by atoms with E-state index in [1.165, 1.54) is 23.3 Å². The fraction of sp³-hybridized carbons (Fsp3) is 0.476. The molecule has 146 valence electrons. The Hall–Kier alpha value is -2.05. The zero-order chi connectivity index (χ0) is 18.9. The quantitative estimate of drug-likeness (QED) is 0.540. The lowest BCUT2D eigenvalue weighted by atomic mass is 10.0. The van der Waals surface area contributed by atoms with Gasteiger partial charge in [-0.25, -0.2) is 0 Å². The van der Waals surface area contributed by atoms with Gasteiger partial charge in [0.1, 0.15) is 5.75 Å². The zero-order valence-electron chi connectivity index (χ0n) is 16.3. The number of para-hydroxylation sites is 1. The number of aliphatic imine (C=N–C) groups is 1. The van der Waals surface area contributed by atoms with Crippen molar-refractivity contribution in [2.24, 2.45) is 4.99 Å². The van der Waals surface area contributed by atoms with E-state index in [0.29, 0.717) is 0 Å². The lowest BCUT2D eigenvalue weighted by molar-refractivity contribution is 0.239. The molecule has 5 nitrogen and oxygen atoms in total. The standard InChI is InChI=1S/C21H30N4OS/c1-22-21(23-12-11-17-8-7-15-27-17)24-16-19(25-13-5-6-14-25)18-9-3-4-10-20(18)26-2/h3-4,7-10,15,19H,5-6,11-14,16H2,1-2H3,(H2,22,23,24). The number of guanidine groups is 1. The van der Waals surface area contributed by atoms with E-state index in [1.807, 2.05) is 19.2 Å². The highest BCUT2D eigenvalue weighted by Gasteiger charge is 2.25. The smallest absolute Gasteiger partial charge is 0.191 e. The van der Waals surface area contributed by atoms with Gasteiger partial charge in [-0.05, 0) is 49.9 Å². The van der Waals surface area contributed by atoms with Crippen LogP contribution in [0.25, 0.3) is 0 Å². The molecule has 1 aromatic carbocycles. The van der Waals surface area contributed by atoms with Gasteiger partial charge in [-0.1, -0.05) is 24.3 Å². The van der Waals surface area contributed by atoms with Gasteiger partial charge in [0.15, 0.2) is 5.96 Å². The number of rotatable bonds is 8. The second-order valence-electron chi connectivity index (χ2n) is 6.71. The Balaban J connectivity index is 1.61. The van der Waals surface area contributed by atoms with Gasteiger partial charge in [-0.3, -0.25) is 9.89 Å². The van der Waals surface area contributed by atoms with Crippen LogP contribution in [0.2, 0.25) is 0 Å². The zero-order valence-corrected chi connectivity index (χ0v) is 17.1. The SMILES string of the molecule is CN=C(NCCc1cccs1)NCC(c1ccccc1OC)N1CCCC1. The molecule has 1 saturated heterocycles. The summed E-state index contributed by atoms with van der Waals surface area (Å²) in [7, 11) is 3.58. The first-order valence-corrected chi connectivity index (χ1v) is 10.5. The molecule has 2 heterocycles. The third-order valence-electron chi connectivity index (χ3n) is 5.01. The van der Waals surface area contributed by atoms with Gasteiger partial charge in [0.05, 0.1) is 13.2 Å². The van der Waals surface area contributed by atoms with Crippen LogP contribution < -0.4 is 15.4 Å². The monoisotopic (exact) mass is 386 g/mol. The van der Waals surface area contributed by atoms with Gasteiger partial charge in [-0.2, -0.15) is 0 Å². The number of methoxy groups -OCH3 is 1. The summed E-state index contributed by atoms with van der Waals surface area (Å²) in [6.45, 7) is 3.95. The van der Waals surface area contributed by atoms with Crippen LogP contribution in [0.3, 0.4) is 0 Å². The van der Waals surface area contributed by atoms with Crippen molar-refractivity contribution in [1.29, 1.82) is 0 Å². The van der Waals surface area contributed by atoms with Crippen LogP contribution in [0.1, 0.15) is 29.3 Å². The highest BCUT2D eigenvalue weighted by Crippen LogP contribution is 2.31. The second kappa shape index (κ2) is 10.3. The number of nitrogens with one attached hydrogen (secondary N) is 2. The van der Waals surface area contributed by atoms with Crippen molar-refractivity contribution >= 4 is 17.3 Å². The molecule has 0 bridgehead atoms. The molecule has 1 atom stereocenters. The maximum atomic E-state index is 5.63. The molecule has 3 rings (SSSR count). The molecule has 6 heteroatoms. The number of likely N-dealkylation sites (tertiary alicyclic amines) is 1. The molecule has 0 amide bonds. The molecule has 1 aliphatic heterocycles. The van der Waals surface area contributed by atoms with Crippen LogP contribution in [-0.2, 0) is 6.42 Å². The summed E-state index contributed by atoms with van der Waals surface area (Å²) in [5.74, 6) is 1.81. The summed E-state index contributed by atoms with van der Waals surface area (Å²) in [4.78, 5) is 8.33. The van der Waals surface area contributed by atoms with E-state index in [-0.39, 0.29) is 6.04 Å². The van der Waals surface area contributed by atoms with E-state index in [9.17, 15) is 0 Å².